The minimum Gasteiger partial charge on any atom is -0.437 e. The highest BCUT2D eigenvalue weighted by atomic mass is 31.2. The number of rotatable bonds is 3. The predicted molar refractivity (Wildman–Crippen MR) is 109 cm³/mol. The van der Waals surface area contributed by atoms with Crippen LogP contribution in [0.5, 0.6) is 5.75 Å². The maximum atomic E-state index is 14.2. The second kappa shape index (κ2) is 6.26. The van der Waals surface area contributed by atoms with E-state index in [1.165, 1.54) is 0 Å². The van der Waals surface area contributed by atoms with Crippen LogP contribution in [0.3, 0.4) is 0 Å². The van der Waals surface area contributed by atoms with E-state index in [1.807, 2.05) is 72.8 Å². The van der Waals surface area contributed by atoms with Crippen molar-refractivity contribution < 1.29 is 9.09 Å². The molecule has 1 unspecified atom stereocenters. The molecule has 5 rings (SSSR count). The molecule has 0 spiro atoms. The maximum Gasteiger partial charge on any atom is 0.303 e. The Balaban J connectivity index is 1.71. The third kappa shape index (κ3) is 2.61. The van der Waals surface area contributed by atoms with Crippen LogP contribution in [0.1, 0.15) is 11.3 Å². The molecule has 5 heteroatoms. The fraction of sp³-hybridized carbons (Fsp3) is 0.0455. The van der Waals surface area contributed by atoms with Crippen molar-refractivity contribution >= 4 is 29.1 Å². The third-order valence-corrected chi connectivity index (χ3v) is 7.43. The van der Waals surface area contributed by atoms with Gasteiger partial charge in [-0.15, -0.1) is 0 Å². The summed E-state index contributed by atoms with van der Waals surface area (Å²) in [5.74, 6) is 0.244. The summed E-state index contributed by atoms with van der Waals surface area (Å²) in [6, 6.07) is 25.3. The lowest BCUT2D eigenvalue weighted by Gasteiger charge is -2.21. The molecule has 0 radical (unpaired) electrons. The molecule has 1 aliphatic heterocycles. The number of nitrogens with one attached hydrogen (secondary N) is 1. The lowest BCUT2D eigenvalue weighted by Crippen LogP contribution is -2.16. The average molecular weight is 372 g/mol. The normalized spacial score (nSPS) is 20.8. The zero-order valence-corrected chi connectivity index (χ0v) is 15.3. The Bertz CT molecular complexity index is 1160. The van der Waals surface area contributed by atoms with Gasteiger partial charge in [-0.3, -0.25) is 9.55 Å². The predicted octanol–water partition coefficient (Wildman–Crippen LogP) is 5.34. The quantitative estimate of drug-likeness (QED) is 0.493. The van der Waals surface area contributed by atoms with Crippen LogP contribution in [0.15, 0.2) is 91.3 Å². The molecule has 132 valence electrons. The summed E-state index contributed by atoms with van der Waals surface area (Å²) >= 11 is 0. The van der Waals surface area contributed by atoms with Crippen LogP contribution >= 0.6 is 7.37 Å². The van der Waals surface area contributed by atoms with Gasteiger partial charge in [-0.1, -0.05) is 54.6 Å². The lowest BCUT2D eigenvalue weighted by atomic mass is 10.1. The molecule has 0 bridgehead atoms. The minimum atomic E-state index is -3.22. The Morgan fingerprint density at radius 1 is 0.852 bits per heavy atom. The number of benzene rings is 3. The molecule has 0 saturated heterocycles. The lowest BCUT2D eigenvalue weighted by molar-refractivity contribution is 0.503. The molecule has 2 heterocycles. The zero-order chi connectivity index (χ0) is 18.3. The van der Waals surface area contributed by atoms with Gasteiger partial charge in [0.05, 0.1) is 5.30 Å². The summed E-state index contributed by atoms with van der Waals surface area (Å²) in [4.78, 5) is 4.06. The molecule has 4 nitrogen and oxygen atoms in total. The molecule has 0 aliphatic carbocycles. The van der Waals surface area contributed by atoms with E-state index in [9.17, 15) is 4.57 Å². The number of hydrogen-bond donors (Lipinski definition) is 1. The maximum absolute atomic E-state index is 14.2. The topological polar surface area (TPSA) is 51.2 Å². The van der Waals surface area contributed by atoms with Crippen molar-refractivity contribution in [2.24, 2.45) is 0 Å². The standard InChI is InChI=1S/C22H17N2O2P/c25-27(18-7-2-1-3-8-18)22(24-17-12-14-23-15-13-17)20-11-10-16-6-4-5-9-19(16)21(20)26-27/h1-15,22H,(H,23,24)/t22-,27?/m0/s1. The van der Waals surface area contributed by atoms with Crippen LogP contribution in [0.2, 0.25) is 0 Å². The number of fused-ring (bicyclic) bond motifs is 3. The van der Waals surface area contributed by atoms with Crippen LogP contribution < -0.4 is 15.1 Å². The third-order valence-electron chi connectivity index (χ3n) is 4.87. The van der Waals surface area contributed by atoms with Gasteiger partial charge in [-0.25, -0.2) is 0 Å². The monoisotopic (exact) mass is 372 g/mol. The molecule has 27 heavy (non-hydrogen) atoms. The molecular weight excluding hydrogens is 355 g/mol. The number of anilines is 1. The second-order valence-corrected chi connectivity index (χ2v) is 8.92. The Hall–Kier alpha value is -3.10. The van der Waals surface area contributed by atoms with Crippen LogP contribution in [-0.2, 0) is 4.57 Å². The summed E-state index contributed by atoms with van der Waals surface area (Å²) in [6.45, 7) is 0. The summed E-state index contributed by atoms with van der Waals surface area (Å²) < 4.78 is 20.4. The number of aromatic nitrogens is 1. The van der Waals surface area contributed by atoms with E-state index < -0.39 is 13.2 Å². The summed E-state index contributed by atoms with van der Waals surface area (Å²) in [5.41, 5.74) is 1.77. The Kier molecular flexibility index (Phi) is 3.73. The highest BCUT2D eigenvalue weighted by Crippen LogP contribution is 2.66. The Labute approximate surface area is 157 Å². The van der Waals surface area contributed by atoms with Crippen molar-refractivity contribution in [3.8, 4) is 5.75 Å². The first-order valence-corrected chi connectivity index (χ1v) is 10.5. The van der Waals surface area contributed by atoms with E-state index in [0.29, 0.717) is 11.1 Å². The highest BCUT2D eigenvalue weighted by Gasteiger charge is 2.46. The van der Waals surface area contributed by atoms with Crippen molar-refractivity contribution in [3.63, 3.8) is 0 Å². The molecular formula is C22H17N2O2P. The molecule has 1 N–H and O–H groups in total. The zero-order valence-electron chi connectivity index (χ0n) is 14.4. The molecule has 0 fully saturated rings. The van der Waals surface area contributed by atoms with Gasteiger partial charge in [-0.05, 0) is 29.7 Å². The highest BCUT2D eigenvalue weighted by molar-refractivity contribution is 7.68. The van der Waals surface area contributed by atoms with Gasteiger partial charge in [0.2, 0.25) is 0 Å². The molecule has 1 aliphatic rings. The first-order valence-electron chi connectivity index (χ1n) is 8.79. The minimum absolute atomic E-state index is 0.457. The molecule has 0 amide bonds. The van der Waals surface area contributed by atoms with Gasteiger partial charge in [0, 0.05) is 29.0 Å². The van der Waals surface area contributed by atoms with Gasteiger partial charge in [0.1, 0.15) is 11.5 Å². The van der Waals surface area contributed by atoms with Crippen LogP contribution in [0.4, 0.5) is 5.69 Å². The summed E-state index contributed by atoms with van der Waals surface area (Å²) in [5, 5.41) is 6.17. The largest absolute Gasteiger partial charge is 0.437 e. The Morgan fingerprint density at radius 2 is 1.59 bits per heavy atom. The fourth-order valence-corrected chi connectivity index (χ4v) is 6.01. The van der Waals surface area contributed by atoms with E-state index >= 15 is 0 Å². The molecule has 4 aromatic rings. The van der Waals surface area contributed by atoms with Crippen molar-refractivity contribution in [1.82, 2.24) is 4.98 Å². The molecule has 0 saturated carbocycles. The smallest absolute Gasteiger partial charge is 0.303 e. The second-order valence-electron chi connectivity index (χ2n) is 6.51. The summed E-state index contributed by atoms with van der Waals surface area (Å²) in [6.07, 6.45) is 3.43. The van der Waals surface area contributed by atoms with Crippen molar-refractivity contribution in [3.05, 3.63) is 96.8 Å². The molecule has 3 aromatic carbocycles. The average Bonchev–Trinajstić information content (AvgIpc) is 3.03. The summed E-state index contributed by atoms with van der Waals surface area (Å²) in [7, 11) is -3.22. The molecule has 2 atom stereocenters. The van der Waals surface area contributed by atoms with E-state index in [0.717, 1.165) is 22.0 Å². The van der Waals surface area contributed by atoms with E-state index in [4.69, 9.17) is 4.52 Å². The van der Waals surface area contributed by atoms with Gasteiger partial charge in [0.25, 0.3) is 0 Å². The van der Waals surface area contributed by atoms with Gasteiger partial charge < -0.3 is 9.84 Å². The van der Waals surface area contributed by atoms with Gasteiger partial charge >= 0.3 is 7.37 Å². The van der Waals surface area contributed by atoms with Crippen LogP contribution in [0, 0.1) is 0 Å². The van der Waals surface area contributed by atoms with Crippen molar-refractivity contribution in [2.45, 2.75) is 5.78 Å². The number of hydrogen-bond acceptors (Lipinski definition) is 4. The first kappa shape index (κ1) is 16.1. The van der Waals surface area contributed by atoms with Crippen molar-refractivity contribution in [2.75, 3.05) is 5.32 Å². The fourth-order valence-electron chi connectivity index (χ4n) is 3.55. The van der Waals surface area contributed by atoms with E-state index in [2.05, 4.69) is 16.4 Å². The van der Waals surface area contributed by atoms with Gasteiger partial charge in [-0.2, -0.15) is 0 Å². The van der Waals surface area contributed by atoms with Crippen LogP contribution in [0.25, 0.3) is 10.8 Å². The number of pyridine rings is 1. The van der Waals surface area contributed by atoms with Gasteiger partial charge in [0.15, 0.2) is 0 Å². The molecule has 1 aromatic heterocycles. The van der Waals surface area contributed by atoms with Crippen molar-refractivity contribution in [1.29, 1.82) is 0 Å². The first-order chi connectivity index (χ1) is 13.3. The SMILES string of the molecule is O=P1(c2ccccc2)Oc2c(ccc3ccccc23)[C@H]1Nc1ccncc1. The number of nitrogens with zero attached hydrogens (tertiary/aromatic N) is 1. The van der Waals surface area contributed by atoms with Crippen LogP contribution in [-0.4, -0.2) is 4.98 Å². The van der Waals surface area contributed by atoms with E-state index in [1.54, 1.807) is 12.4 Å². The Morgan fingerprint density at radius 3 is 2.41 bits per heavy atom. The van der Waals surface area contributed by atoms with E-state index in [-0.39, 0.29) is 0 Å².